The first-order valence-electron chi connectivity index (χ1n) is 6.83. The summed E-state index contributed by atoms with van der Waals surface area (Å²) in [6, 6.07) is -0.0620. The van der Waals surface area contributed by atoms with Gasteiger partial charge in [0.2, 0.25) is 5.91 Å². The predicted octanol–water partition coefficient (Wildman–Crippen LogP) is 1.53. The second-order valence-corrected chi connectivity index (χ2v) is 6.41. The molecule has 1 rings (SSSR count). The summed E-state index contributed by atoms with van der Waals surface area (Å²) in [5.74, 6) is 1.15. The molecule has 0 spiro atoms. The van der Waals surface area contributed by atoms with Crippen LogP contribution in [-0.4, -0.2) is 42.7 Å². The van der Waals surface area contributed by atoms with Gasteiger partial charge < -0.3 is 15.8 Å². The van der Waals surface area contributed by atoms with Crippen LogP contribution in [0.15, 0.2) is 0 Å². The highest BCUT2D eigenvalue weighted by molar-refractivity contribution is 7.99. The molecule has 1 amide bonds. The second-order valence-electron chi connectivity index (χ2n) is 4.84. The molecule has 4 nitrogen and oxygen atoms in total. The van der Waals surface area contributed by atoms with E-state index >= 15 is 0 Å². The van der Waals surface area contributed by atoms with E-state index in [1.54, 1.807) is 7.11 Å². The Morgan fingerprint density at radius 2 is 2.33 bits per heavy atom. The van der Waals surface area contributed by atoms with Gasteiger partial charge in [-0.25, -0.2) is 0 Å². The van der Waals surface area contributed by atoms with Crippen LogP contribution in [-0.2, 0) is 9.53 Å². The Kier molecular flexibility index (Phi) is 7.70. The van der Waals surface area contributed by atoms with Crippen molar-refractivity contribution in [3.63, 3.8) is 0 Å². The van der Waals surface area contributed by atoms with Gasteiger partial charge in [0.25, 0.3) is 0 Å². The Morgan fingerprint density at radius 3 is 3.00 bits per heavy atom. The molecule has 1 aliphatic carbocycles. The van der Waals surface area contributed by atoms with E-state index < -0.39 is 6.04 Å². The molecule has 1 aliphatic rings. The van der Waals surface area contributed by atoms with Crippen LogP contribution in [0.5, 0.6) is 0 Å². The molecule has 0 radical (unpaired) electrons. The van der Waals surface area contributed by atoms with E-state index in [9.17, 15) is 4.79 Å². The van der Waals surface area contributed by atoms with Crippen molar-refractivity contribution >= 4 is 17.7 Å². The molecule has 0 heterocycles. The molecule has 0 saturated heterocycles. The SMILES string of the molecule is CCSC1CCC(NC(=O)C(N)CCCOC)C1. The smallest absolute Gasteiger partial charge is 0.237 e. The molecule has 3 unspecified atom stereocenters. The molecular weight excluding hydrogens is 248 g/mol. The lowest BCUT2D eigenvalue weighted by Gasteiger charge is -2.17. The number of amides is 1. The van der Waals surface area contributed by atoms with Gasteiger partial charge in [-0.1, -0.05) is 6.92 Å². The van der Waals surface area contributed by atoms with E-state index in [0.717, 1.165) is 25.0 Å². The van der Waals surface area contributed by atoms with Crippen molar-refractivity contribution in [1.29, 1.82) is 0 Å². The lowest BCUT2D eigenvalue weighted by Crippen LogP contribution is -2.44. The molecule has 3 N–H and O–H groups in total. The lowest BCUT2D eigenvalue weighted by atomic mass is 10.1. The predicted molar refractivity (Wildman–Crippen MR) is 76.8 cm³/mol. The highest BCUT2D eigenvalue weighted by atomic mass is 32.2. The maximum absolute atomic E-state index is 11.9. The Hall–Kier alpha value is -0.260. The molecule has 106 valence electrons. The van der Waals surface area contributed by atoms with E-state index in [1.807, 2.05) is 11.8 Å². The van der Waals surface area contributed by atoms with Crippen LogP contribution in [0.1, 0.15) is 39.0 Å². The molecule has 5 heteroatoms. The number of rotatable bonds is 8. The number of nitrogens with one attached hydrogen (secondary N) is 1. The van der Waals surface area contributed by atoms with E-state index in [1.165, 1.54) is 6.42 Å². The standard InChI is InChI=1S/C13H26N2O2S/c1-3-18-11-7-6-10(9-11)15-13(16)12(14)5-4-8-17-2/h10-12H,3-9,14H2,1-2H3,(H,15,16). The quantitative estimate of drug-likeness (QED) is 0.659. The number of ether oxygens (including phenoxy) is 1. The number of thioether (sulfide) groups is 1. The minimum absolute atomic E-state index is 0.00162. The third kappa shape index (κ3) is 5.59. The van der Waals surface area contributed by atoms with Crippen molar-refractivity contribution in [2.45, 2.75) is 56.4 Å². The van der Waals surface area contributed by atoms with E-state index in [0.29, 0.717) is 24.3 Å². The van der Waals surface area contributed by atoms with Crippen LogP contribution in [0.3, 0.4) is 0 Å². The number of nitrogens with two attached hydrogens (primary N) is 1. The van der Waals surface area contributed by atoms with Gasteiger partial charge in [-0.2, -0.15) is 11.8 Å². The molecule has 1 saturated carbocycles. The monoisotopic (exact) mass is 274 g/mol. The molecule has 1 fully saturated rings. The summed E-state index contributed by atoms with van der Waals surface area (Å²) in [6.45, 7) is 2.85. The Bertz CT molecular complexity index is 251. The molecule has 3 atom stereocenters. The van der Waals surface area contributed by atoms with Gasteiger partial charge in [0.05, 0.1) is 6.04 Å². The van der Waals surface area contributed by atoms with Gasteiger partial charge in [-0.3, -0.25) is 4.79 Å². The van der Waals surface area contributed by atoms with Gasteiger partial charge in [0.15, 0.2) is 0 Å². The summed E-state index contributed by atoms with van der Waals surface area (Å²) in [5, 5.41) is 3.79. The maximum Gasteiger partial charge on any atom is 0.237 e. The van der Waals surface area contributed by atoms with Gasteiger partial charge >= 0.3 is 0 Å². The highest BCUT2D eigenvalue weighted by Gasteiger charge is 2.26. The van der Waals surface area contributed by atoms with Crippen LogP contribution in [0.2, 0.25) is 0 Å². The van der Waals surface area contributed by atoms with Crippen LogP contribution >= 0.6 is 11.8 Å². The first-order chi connectivity index (χ1) is 8.67. The average Bonchev–Trinajstić information content (AvgIpc) is 2.77. The number of carbonyl (C=O) groups is 1. The van der Waals surface area contributed by atoms with E-state index in [2.05, 4.69) is 12.2 Å². The van der Waals surface area contributed by atoms with Crippen LogP contribution in [0.25, 0.3) is 0 Å². The van der Waals surface area contributed by atoms with Gasteiger partial charge in [0, 0.05) is 25.0 Å². The van der Waals surface area contributed by atoms with Crippen molar-refractivity contribution in [3.05, 3.63) is 0 Å². The number of hydrogen-bond donors (Lipinski definition) is 2. The van der Waals surface area contributed by atoms with Crippen LogP contribution in [0.4, 0.5) is 0 Å². The molecule has 0 bridgehead atoms. The maximum atomic E-state index is 11.9. The number of carbonyl (C=O) groups excluding carboxylic acids is 1. The summed E-state index contributed by atoms with van der Waals surface area (Å²) >= 11 is 2.00. The lowest BCUT2D eigenvalue weighted by molar-refractivity contribution is -0.123. The summed E-state index contributed by atoms with van der Waals surface area (Å²) < 4.78 is 4.96. The Morgan fingerprint density at radius 1 is 1.56 bits per heavy atom. The van der Waals surface area contributed by atoms with Gasteiger partial charge in [-0.05, 0) is 37.9 Å². The summed E-state index contributed by atoms with van der Waals surface area (Å²) in [7, 11) is 1.66. The molecule has 18 heavy (non-hydrogen) atoms. The molecule has 0 aliphatic heterocycles. The van der Waals surface area contributed by atoms with Crippen LogP contribution in [0, 0.1) is 0 Å². The topological polar surface area (TPSA) is 64.4 Å². The number of hydrogen-bond acceptors (Lipinski definition) is 4. The fraction of sp³-hybridized carbons (Fsp3) is 0.923. The van der Waals surface area contributed by atoms with Crippen molar-refractivity contribution in [2.24, 2.45) is 5.73 Å². The van der Waals surface area contributed by atoms with Crippen molar-refractivity contribution in [3.8, 4) is 0 Å². The second kappa shape index (κ2) is 8.77. The zero-order valence-electron chi connectivity index (χ0n) is 11.5. The van der Waals surface area contributed by atoms with Crippen LogP contribution < -0.4 is 11.1 Å². The third-order valence-electron chi connectivity index (χ3n) is 3.33. The third-order valence-corrected chi connectivity index (χ3v) is 4.57. The summed E-state index contributed by atoms with van der Waals surface area (Å²) in [5.41, 5.74) is 5.86. The molecule has 0 aromatic rings. The number of methoxy groups -OCH3 is 1. The summed E-state index contributed by atoms with van der Waals surface area (Å²) in [4.78, 5) is 11.9. The average molecular weight is 274 g/mol. The molecule has 0 aromatic heterocycles. The van der Waals surface area contributed by atoms with Crippen molar-refractivity contribution < 1.29 is 9.53 Å². The largest absolute Gasteiger partial charge is 0.385 e. The zero-order chi connectivity index (χ0) is 13.4. The summed E-state index contributed by atoms with van der Waals surface area (Å²) in [6.07, 6.45) is 4.93. The zero-order valence-corrected chi connectivity index (χ0v) is 12.3. The van der Waals surface area contributed by atoms with Crippen molar-refractivity contribution in [1.82, 2.24) is 5.32 Å². The molecular formula is C13H26N2O2S. The first-order valence-corrected chi connectivity index (χ1v) is 7.88. The van der Waals surface area contributed by atoms with Gasteiger partial charge in [0.1, 0.15) is 0 Å². The fourth-order valence-electron chi connectivity index (χ4n) is 2.35. The Labute approximate surface area is 114 Å². The molecule has 0 aromatic carbocycles. The minimum atomic E-state index is -0.391. The highest BCUT2D eigenvalue weighted by Crippen LogP contribution is 2.29. The fourth-order valence-corrected chi connectivity index (χ4v) is 3.49. The van der Waals surface area contributed by atoms with E-state index in [4.69, 9.17) is 10.5 Å². The first kappa shape index (κ1) is 15.8. The van der Waals surface area contributed by atoms with E-state index in [-0.39, 0.29) is 5.91 Å². The van der Waals surface area contributed by atoms with Crippen molar-refractivity contribution in [2.75, 3.05) is 19.5 Å². The normalized spacial score (nSPS) is 25.1. The Balaban J connectivity index is 2.19. The minimum Gasteiger partial charge on any atom is -0.385 e. The van der Waals surface area contributed by atoms with Gasteiger partial charge in [-0.15, -0.1) is 0 Å².